The molecule has 0 fully saturated rings. The molecule has 0 aliphatic rings. The third kappa shape index (κ3) is 2.81. The van der Waals surface area contributed by atoms with Crippen molar-refractivity contribution in [1.29, 1.82) is 0 Å². The smallest absolute Gasteiger partial charge is 0.0522 e. The predicted molar refractivity (Wildman–Crippen MR) is 65.8 cm³/mol. The molecule has 0 saturated carbocycles. The van der Waals surface area contributed by atoms with Gasteiger partial charge in [-0.25, -0.2) is 0 Å². The maximum absolute atomic E-state index is 5.65. The molecule has 0 spiro atoms. The lowest BCUT2D eigenvalue weighted by atomic mass is 9.89. The third-order valence-corrected chi connectivity index (χ3v) is 3.40. The number of rotatable bonds is 5. The molecule has 0 bridgehead atoms. The van der Waals surface area contributed by atoms with E-state index in [0.717, 1.165) is 6.42 Å². The molecule has 5 nitrogen and oxygen atoms in total. The Hall–Kier alpha value is -0.910. The summed E-state index contributed by atoms with van der Waals surface area (Å²) < 4.78 is 1.81. The molecule has 0 aliphatic carbocycles. The van der Waals surface area contributed by atoms with Crippen molar-refractivity contribution in [1.82, 2.24) is 20.1 Å². The van der Waals surface area contributed by atoms with Gasteiger partial charge in [-0.1, -0.05) is 0 Å². The number of nitrogens with two attached hydrogens (primary N) is 1. The van der Waals surface area contributed by atoms with E-state index in [2.05, 4.69) is 43.4 Å². The lowest BCUT2D eigenvalue weighted by molar-refractivity contribution is 0.137. The van der Waals surface area contributed by atoms with Gasteiger partial charge >= 0.3 is 0 Å². The van der Waals surface area contributed by atoms with Crippen molar-refractivity contribution in [3.05, 3.63) is 18.0 Å². The van der Waals surface area contributed by atoms with E-state index in [9.17, 15) is 0 Å². The average Bonchev–Trinajstić information content (AvgIpc) is 2.60. The second kappa shape index (κ2) is 4.95. The van der Waals surface area contributed by atoms with Crippen LogP contribution in [0.2, 0.25) is 0 Å². The zero-order chi connectivity index (χ0) is 12.3. The molecule has 1 rings (SSSR count). The van der Waals surface area contributed by atoms with Crippen LogP contribution >= 0.6 is 0 Å². The van der Waals surface area contributed by atoms with Crippen LogP contribution in [0.5, 0.6) is 0 Å². The normalized spacial score (nSPS) is 14.4. The summed E-state index contributed by atoms with van der Waals surface area (Å²) >= 11 is 0. The van der Waals surface area contributed by atoms with Crippen molar-refractivity contribution in [2.24, 2.45) is 12.9 Å². The minimum Gasteiger partial charge on any atom is -0.303 e. The first-order chi connectivity index (χ1) is 7.37. The Balaban J connectivity index is 2.76. The lowest BCUT2D eigenvalue weighted by Crippen LogP contribution is -2.58. The van der Waals surface area contributed by atoms with E-state index in [1.165, 1.54) is 5.56 Å². The summed E-state index contributed by atoms with van der Waals surface area (Å²) in [5.74, 6) is 5.65. The van der Waals surface area contributed by atoms with Crippen LogP contribution in [-0.4, -0.2) is 40.4 Å². The third-order valence-electron chi connectivity index (χ3n) is 3.40. The van der Waals surface area contributed by atoms with E-state index in [4.69, 9.17) is 5.84 Å². The Morgan fingerprint density at radius 1 is 1.56 bits per heavy atom. The molecular weight excluding hydrogens is 202 g/mol. The molecule has 1 aromatic heterocycles. The van der Waals surface area contributed by atoms with Crippen molar-refractivity contribution < 1.29 is 0 Å². The molecule has 5 heteroatoms. The number of aromatic nitrogens is 2. The van der Waals surface area contributed by atoms with Crippen LogP contribution in [0.1, 0.15) is 19.4 Å². The summed E-state index contributed by atoms with van der Waals surface area (Å²) in [7, 11) is 6.05. The van der Waals surface area contributed by atoms with E-state index >= 15 is 0 Å². The van der Waals surface area contributed by atoms with Crippen molar-refractivity contribution in [2.75, 3.05) is 14.1 Å². The quantitative estimate of drug-likeness (QED) is 0.552. The predicted octanol–water partition coefficient (Wildman–Crippen LogP) is 0.135. The Kier molecular flexibility index (Phi) is 4.07. The highest BCUT2D eigenvalue weighted by Gasteiger charge is 2.31. The zero-order valence-electron chi connectivity index (χ0n) is 10.9. The maximum atomic E-state index is 5.65. The van der Waals surface area contributed by atoms with E-state index < -0.39 is 0 Å². The van der Waals surface area contributed by atoms with Crippen LogP contribution < -0.4 is 11.3 Å². The minimum absolute atomic E-state index is 0.00933. The summed E-state index contributed by atoms with van der Waals surface area (Å²) in [5.41, 5.74) is 4.09. The first-order valence-electron chi connectivity index (χ1n) is 5.49. The monoisotopic (exact) mass is 225 g/mol. The zero-order valence-corrected chi connectivity index (χ0v) is 10.9. The largest absolute Gasteiger partial charge is 0.303 e. The van der Waals surface area contributed by atoms with Crippen LogP contribution in [0.4, 0.5) is 0 Å². The fourth-order valence-corrected chi connectivity index (χ4v) is 1.64. The van der Waals surface area contributed by atoms with Gasteiger partial charge in [-0.3, -0.25) is 16.0 Å². The van der Waals surface area contributed by atoms with Crippen LogP contribution in [-0.2, 0) is 13.5 Å². The SMILES string of the molecule is CN(C)C(C)(C)C(Cc1cnn(C)c1)NN. The first-order valence-corrected chi connectivity index (χ1v) is 5.49. The van der Waals surface area contributed by atoms with Crippen molar-refractivity contribution in [3.8, 4) is 0 Å². The average molecular weight is 225 g/mol. The van der Waals surface area contributed by atoms with Crippen molar-refractivity contribution in [2.45, 2.75) is 31.8 Å². The van der Waals surface area contributed by atoms with Gasteiger partial charge < -0.3 is 4.90 Å². The van der Waals surface area contributed by atoms with Gasteiger partial charge in [-0.2, -0.15) is 5.10 Å². The Morgan fingerprint density at radius 2 is 2.19 bits per heavy atom. The summed E-state index contributed by atoms with van der Waals surface area (Å²) in [4.78, 5) is 2.17. The number of hydrazine groups is 1. The number of hydrogen-bond donors (Lipinski definition) is 2. The number of hydrogen-bond acceptors (Lipinski definition) is 4. The van der Waals surface area contributed by atoms with Crippen molar-refractivity contribution in [3.63, 3.8) is 0 Å². The number of nitrogens with one attached hydrogen (secondary N) is 1. The van der Waals surface area contributed by atoms with E-state index in [1.54, 1.807) is 0 Å². The molecule has 1 unspecified atom stereocenters. The summed E-state index contributed by atoms with van der Waals surface area (Å²) in [6, 6.07) is 0.187. The molecule has 0 aliphatic heterocycles. The van der Waals surface area contributed by atoms with Gasteiger partial charge in [0.25, 0.3) is 0 Å². The Labute approximate surface area is 97.6 Å². The number of likely N-dealkylation sites (N-methyl/N-ethyl adjacent to an activating group) is 1. The van der Waals surface area contributed by atoms with Gasteiger partial charge in [0.2, 0.25) is 0 Å². The first kappa shape index (κ1) is 13.2. The number of aryl methyl sites for hydroxylation is 1. The van der Waals surface area contributed by atoms with Crippen LogP contribution in [0.15, 0.2) is 12.4 Å². The molecule has 3 N–H and O–H groups in total. The van der Waals surface area contributed by atoms with E-state index in [-0.39, 0.29) is 11.6 Å². The highest BCUT2D eigenvalue weighted by Crippen LogP contribution is 2.18. The molecule has 1 aromatic rings. The van der Waals surface area contributed by atoms with Crippen LogP contribution in [0.25, 0.3) is 0 Å². The van der Waals surface area contributed by atoms with Gasteiger partial charge in [-0.05, 0) is 39.9 Å². The Morgan fingerprint density at radius 3 is 2.56 bits per heavy atom. The fourth-order valence-electron chi connectivity index (χ4n) is 1.64. The minimum atomic E-state index is -0.00933. The standard InChI is InChI=1S/C11H23N5/c1-11(2,15(3)4)10(14-12)6-9-7-13-16(5)8-9/h7-8,10,14H,6,12H2,1-5H3. The topological polar surface area (TPSA) is 59.1 Å². The van der Waals surface area contributed by atoms with Crippen LogP contribution in [0, 0.1) is 0 Å². The fraction of sp³-hybridized carbons (Fsp3) is 0.727. The van der Waals surface area contributed by atoms with Crippen LogP contribution in [0.3, 0.4) is 0 Å². The van der Waals surface area contributed by atoms with E-state index in [0.29, 0.717) is 0 Å². The summed E-state index contributed by atoms with van der Waals surface area (Å²) in [6.07, 6.45) is 4.78. The molecule has 0 amide bonds. The highest BCUT2D eigenvalue weighted by atomic mass is 15.3. The molecular formula is C11H23N5. The van der Waals surface area contributed by atoms with Gasteiger partial charge in [-0.15, -0.1) is 0 Å². The van der Waals surface area contributed by atoms with Gasteiger partial charge in [0.1, 0.15) is 0 Å². The molecule has 16 heavy (non-hydrogen) atoms. The summed E-state index contributed by atoms with van der Waals surface area (Å²) in [5, 5.41) is 4.17. The highest BCUT2D eigenvalue weighted by molar-refractivity contribution is 5.09. The maximum Gasteiger partial charge on any atom is 0.0522 e. The van der Waals surface area contributed by atoms with Crippen molar-refractivity contribution >= 4 is 0 Å². The number of nitrogens with zero attached hydrogens (tertiary/aromatic N) is 3. The van der Waals surface area contributed by atoms with Gasteiger partial charge in [0, 0.05) is 24.8 Å². The van der Waals surface area contributed by atoms with Gasteiger partial charge in [0.05, 0.1) is 6.20 Å². The van der Waals surface area contributed by atoms with E-state index in [1.807, 2.05) is 24.1 Å². The lowest BCUT2D eigenvalue weighted by Gasteiger charge is -2.39. The molecule has 92 valence electrons. The summed E-state index contributed by atoms with van der Waals surface area (Å²) in [6.45, 7) is 4.35. The Bertz CT molecular complexity index is 329. The molecule has 1 heterocycles. The molecule has 0 radical (unpaired) electrons. The molecule has 0 aromatic carbocycles. The second-order valence-corrected chi connectivity index (χ2v) is 4.99. The molecule has 0 saturated heterocycles. The van der Waals surface area contributed by atoms with Gasteiger partial charge in [0.15, 0.2) is 0 Å². The second-order valence-electron chi connectivity index (χ2n) is 4.99. The molecule has 1 atom stereocenters.